The molecule has 0 aromatic heterocycles. The number of benzene rings is 1. The number of halogens is 1. The van der Waals surface area contributed by atoms with E-state index in [0.29, 0.717) is 37.4 Å². The highest BCUT2D eigenvalue weighted by atomic mass is 35.5. The molecule has 2 rings (SSSR count). The van der Waals surface area contributed by atoms with Crippen LogP contribution in [0.4, 0.5) is 0 Å². The fourth-order valence-electron chi connectivity index (χ4n) is 2.69. The van der Waals surface area contributed by atoms with Gasteiger partial charge in [0.25, 0.3) is 0 Å². The van der Waals surface area contributed by atoms with E-state index < -0.39 is 16.0 Å². The molecule has 0 aliphatic carbocycles. The van der Waals surface area contributed by atoms with E-state index in [1.807, 2.05) is 0 Å². The van der Waals surface area contributed by atoms with Crippen LogP contribution in [0, 0.1) is 0 Å². The second-order valence-electron chi connectivity index (χ2n) is 6.00. The van der Waals surface area contributed by atoms with Crippen LogP contribution in [0.5, 0.6) is 0 Å². The maximum absolute atomic E-state index is 12.3. The number of carboxylic acids is 1. The van der Waals surface area contributed by atoms with Gasteiger partial charge >= 0.3 is 5.97 Å². The Bertz CT molecular complexity index is 721. The first-order valence-corrected chi connectivity index (χ1v) is 9.91. The fourth-order valence-corrected chi connectivity index (χ4v) is 4.08. The van der Waals surface area contributed by atoms with Crippen molar-refractivity contribution in [2.45, 2.75) is 43.0 Å². The number of aliphatic carboxylic acids is 1. The highest BCUT2D eigenvalue weighted by Crippen LogP contribution is 2.17. The lowest BCUT2D eigenvalue weighted by molar-refractivity contribution is -0.137. The van der Waals surface area contributed by atoms with Crippen LogP contribution in [0.1, 0.15) is 32.1 Å². The van der Waals surface area contributed by atoms with Crippen molar-refractivity contribution in [1.29, 1.82) is 0 Å². The zero-order valence-electron chi connectivity index (χ0n) is 13.7. The summed E-state index contributed by atoms with van der Waals surface area (Å²) in [6, 6.07) is 5.56. The van der Waals surface area contributed by atoms with Crippen molar-refractivity contribution < 1.29 is 23.1 Å². The van der Waals surface area contributed by atoms with E-state index in [9.17, 15) is 18.0 Å². The van der Waals surface area contributed by atoms with Crippen LogP contribution in [0.3, 0.4) is 0 Å². The van der Waals surface area contributed by atoms with Crippen molar-refractivity contribution in [2.75, 3.05) is 13.1 Å². The number of nitrogens with one attached hydrogen (secondary N) is 1. The number of rotatable bonds is 8. The number of likely N-dealkylation sites (tertiary alicyclic amines) is 1. The molecule has 9 heteroatoms. The summed E-state index contributed by atoms with van der Waals surface area (Å²) in [6.07, 6.45) is 1.86. The number of unbranched alkanes of at least 4 members (excludes halogenated alkanes) is 1. The SMILES string of the molecule is O=C(O)CCCCC(=O)N1CCC(NS(=O)(=O)c2ccc(Cl)cc2)C1. The van der Waals surface area contributed by atoms with Crippen LogP contribution in [0.2, 0.25) is 5.02 Å². The first kappa shape index (κ1) is 19.7. The molecule has 7 nitrogen and oxygen atoms in total. The van der Waals surface area contributed by atoms with E-state index in [1.165, 1.54) is 24.3 Å². The second-order valence-corrected chi connectivity index (χ2v) is 8.15. The molecule has 0 spiro atoms. The van der Waals surface area contributed by atoms with Gasteiger partial charge in [-0.25, -0.2) is 13.1 Å². The predicted molar refractivity (Wildman–Crippen MR) is 92.9 cm³/mol. The summed E-state index contributed by atoms with van der Waals surface area (Å²) in [5.74, 6) is -0.941. The first-order chi connectivity index (χ1) is 11.8. The summed E-state index contributed by atoms with van der Waals surface area (Å²) in [6.45, 7) is 0.816. The molecule has 2 N–H and O–H groups in total. The van der Waals surface area contributed by atoms with Crippen LogP contribution >= 0.6 is 11.6 Å². The van der Waals surface area contributed by atoms with Gasteiger partial charge in [-0.2, -0.15) is 0 Å². The van der Waals surface area contributed by atoms with Crippen molar-refractivity contribution in [1.82, 2.24) is 9.62 Å². The third-order valence-corrected chi connectivity index (χ3v) is 5.81. The van der Waals surface area contributed by atoms with Gasteiger partial charge in [0, 0.05) is 37.0 Å². The van der Waals surface area contributed by atoms with Crippen LogP contribution in [-0.4, -0.2) is 49.4 Å². The van der Waals surface area contributed by atoms with Crippen molar-refractivity contribution >= 4 is 33.5 Å². The minimum Gasteiger partial charge on any atom is -0.481 e. The van der Waals surface area contributed by atoms with E-state index in [-0.39, 0.29) is 29.7 Å². The summed E-state index contributed by atoms with van der Waals surface area (Å²) in [4.78, 5) is 24.3. The number of nitrogens with zero attached hydrogens (tertiary/aromatic N) is 1. The van der Waals surface area contributed by atoms with Crippen molar-refractivity contribution in [2.24, 2.45) is 0 Å². The smallest absolute Gasteiger partial charge is 0.303 e. The van der Waals surface area contributed by atoms with Gasteiger partial charge in [-0.3, -0.25) is 9.59 Å². The molecule has 1 heterocycles. The normalized spacial score (nSPS) is 17.6. The number of hydrogen-bond donors (Lipinski definition) is 2. The van der Waals surface area contributed by atoms with Gasteiger partial charge in [-0.15, -0.1) is 0 Å². The second kappa shape index (κ2) is 8.64. The Morgan fingerprint density at radius 2 is 1.84 bits per heavy atom. The molecule has 1 atom stereocenters. The number of carbonyl (C=O) groups excluding carboxylic acids is 1. The molecule has 25 heavy (non-hydrogen) atoms. The number of hydrogen-bond acceptors (Lipinski definition) is 4. The van der Waals surface area contributed by atoms with Crippen LogP contribution < -0.4 is 4.72 Å². The topological polar surface area (TPSA) is 104 Å². The van der Waals surface area contributed by atoms with Gasteiger partial charge in [0.2, 0.25) is 15.9 Å². The Morgan fingerprint density at radius 3 is 2.48 bits per heavy atom. The summed E-state index contributed by atoms with van der Waals surface area (Å²) < 4.78 is 27.3. The highest BCUT2D eigenvalue weighted by Gasteiger charge is 2.29. The summed E-state index contributed by atoms with van der Waals surface area (Å²) in [5.41, 5.74) is 0. The number of amides is 1. The molecule has 0 radical (unpaired) electrons. The Morgan fingerprint density at radius 1 is 1.20 bits per heavy atom. The molecule has 1 amide bonds. The van der Waals surface area contributed by atoms with Crippen molar-refractivity contribution in [3.8, 4) is 0 Å². The minimum atomic E-state index is -3.65. The van der Waals surface area contributed by atoms with Gasteiger partial charge in [0.05, 0.1) is 4.90 Å². The average molecular weight is 389 g/mol. The summed E-state index contributed by atoms with van der Waals surface area (Å²) in [7, 11) is -3.65. The number of carbonyl (C=O) groups is 2. The molecule has 1 aromatic carbocycles. The standard InChI is InChI=1S/C16H21ClN2O5S/c17-12-5-7-14(8-6-12)25(23,24)18-13-9-10-19(11-13)15(20)3-1-2-4-16(21)22/h5-8,13,18H,1-4,9-11H2,(H,21,22). The van der Waals surface area contributed by atoms with E-state index in [2.05, 4.69) is 4.72 Å². The Kier molecular flexibility index (Phi) is 6.80. The highest BCUT2D eigenvalue weighted by molar-refractivity contribution is 7.89. The Hall–Kier alpha value is -1.64. The Balaban J connectivity index is 1.82. The lowest BCUT2D eigenvalue weighted by Crippen LogP contribution is -2.38. The van der Waals surface area contributed by atoms with Crippen LogP contribution in [0.25, 0.3) is 0 Å². The molecule has 0 bridgehead atoms. The lowest BCUT2D eigenvalue weighted by atomic mass is 10.2. The fraction of sp³-hybridized carbons (Fsp3) is 0.500. The molecular formula is C16H21ClN2O5S. The van der Waals surface area contributed by atoms with Gasteiger partial charge in [0.15, 0.2) is 0 Å². The minimum absolute atomic E-state index is 0.0524. The Labute approximate surface area is 152 Å². The third-order valence-electron chi connectivity index (χ3n) is 4.02. The molecule has 1 aromatic rings. The van der Waals surface area contributed by atoms with Gasteiger partial charge in [0.1, 0.15) is 0 Å². The number of carboxylic acid groups (broad SMARTS) is 1. The van der Waals surface area contributed by atoms with E-state index in [4.69, 9.17) is 16.7 Å². The zero-order valence-corrected chi connectivity index (χ0v) is 15.2. The van der Waals surface area contributed by atoms with Crippen LogP contribution in [0.15, 0.2) is 29.2 Å². The lowest BCUT2D eigenvalue weighted by Gasteiger charge is -2.17. The van der Waals surface area contributed by atoms with Crippen LogP contribution in [-0.2, 0) is 19.6 Å². The van der Waals surface area contributed by atoms with Gasteiger partial charge < -0.3 is 10.0 Å². The molecule has 138 valence electrons. The molecule has 1 saturated heterocycles. The molecule has 0 saturated carbocycles. The molecule has 1 aliphatic heterocycles. The van der Waals surface area contributed by atoms with Gasteiger partial charge in [-0.1, -0.05) is 11.6 Å². The molecule has 1 unspecified atom stereocenters. The third kappa shape index (κ3) is 5.98. The van der Waals surface area contributed by atoms with E-state index in [1.54, 1.807) is 4.90 Å². The molecule has 1 aliphatic rings. The zero-order chi connectivity index (χ0) is 18.4. The summed E-state index contributed by atoms with van der Waals surface area (Å²) >= 11 is 5.76. The van der Waals surface area contributed by atoms with E-state index in [0.717, 1.165) is 0 Å². The maximum atomic E-state index is 12.3. The predicted octanol–water partition coefficient (Wildman–Crippen LogP) is 1.86. The monoisotopic (exact) mass is 388 g/mol. The molecule has 1 fully saturated rings. The molecular weight excluding hydrogens is 368 g/mol. The number of sulfonamides is 1. The maximum Gasteiger partial charge on any atom is 0.303 e. The van der Waals surface area contributed by atoms with Gasteiger partial charge in [-0.05, 0) is 43.5 Å². The quantitative estimate of drug-likeness (QED) is 0.661. The van der Waals surface area contributed by atoms with Crippen molar-refractivity contribution in [3.63, 3.8) is 0 Å². The van der Waals surface area contributed by atoms with E-state index >= 15 is 0 Å². The average Bonchev–Trinajstić information content (AvgIpc) is 2.99. The van der Waals surface area contributed by atoms with Crippen molar-refractivity contribution in [3.05, 3.63) is 29.3 Å². The summed E-state index contributed by atoms with van der Waals surface area (Å²) in [5, 5.41) is 9.03. The first-order valence-electron chi connectivity index (χ1n) is 8.05. The largest absolute Gasteiger partial charge is 0.481 e.